The van der Waals surface area contributed by atoms with E-state index in [1.807, 2.05) is 72.8 Å². The van der Waals surface area contributed by atoms with Crippen LogP contribution in [0.25, 0.3) is 66.5 Å². The molecule has 3 aromatic heterocycles. The molecule has 6 aromatic carbocycles. The van der Waals surface area contributed by atoms with E-state index in [0.717, 1.165) is 33.6 Å². The van der Waals surface area contributed by atoms with Gasteiger partial charge >= 0.3 is 20.1 Å². The molecule has 0 aliphatic rings. The van der Waals surface area contributed by atoms with Gasteiger partial charge in [-0.05, 0) is 73.9 Å². The quantitative estimate of drug-likeness (QED) is 0.178. The third-order valence-electron chi connectivity index (χ3n) is 8.98. The minimum atomic E-state index is 0. The van der Waals surface area contributed by atoms with Crippen LogP contribution in [0.15, 0.2) is 182 Å². The molecule has 0 saturated carbocycles. The van der Waals surface area contributed by atoms with Crippen molar-refractivity contribution >= 4 is 32.7 Å². The predicted octanol–water partition coefficient (Wildman–Crippen LogP) is 12.6. The Morgan fingerprint density at radius 3 is 0.788 bits per heavy atom. The molecular formula is C48H39IrN3+3. The van der Waals surface area contributed by atoms with Crippen molar-refractivity contribution in [3.63, 3.8) is 0 Å². The van der Waals surface area contributed by atoms with Gasteiger partial charge in [0.1, 0.15) is 0 Å². The van der Waals surface area contributed by atoms with E-state index in [1.165, 1.54) is 49.5 Å². The normalized spacial score (nSPS) is 10.4. The molecule has 9 rings (SSSR count). The molecule has 0 fully saturated rings. The third-order valence-corrected chi connectivity index (χ3v) is 8.98. The van der Waals surface area contributed by atoms with E-state index in [0.29, 0.717) is 0 Å². The molecule has 0 atom stereocenters. The summed E-state index contributed by atoms with van der Waals surface area (Å²) in [4.78, 5) is 14.1. The number of para-hydroxylation sites is 3. The summed E-state index contributed by atoms with van der Waals surface area (Å²) in [5.74, 6) is 0. The summed E-state index contributed by atoms with van der Waals surface area (Å²) in [6, 6.07) is 62.2. The number of nitrogens with zero attached hydrogens (tertiary/aromatic N) is 3. The van der Waals surface area contributed by atoms with Gasteiger partial charge in [0.25, 0.3) is 0 Å². The van der Waals surface area contributed by atoms with E-state index in [9.17, 15) is 0 Å². The van der Waals surface area contributed by atoms with Gasteiger partial charge in [-0.1, -0.05) is 146 Å². The number of aromatic nitrogens is 3. The maximum atomic E-state index is 4.71. The van der Waals surface area contributed by atoms with Crippen molar-refractivity contribution in [3.05, 3.63) is 199 Å². The Hall–Kier alpha value is -5.80. The van der Waals surface area contributed by atoms with Crippen molar-refractivity contribution in [1.29, 1.82) is 0 Å². The van der Waals surface area contributed by atoms with E-state index < -0.39 is 0 Å². The van der Waals surface area contributed by atoms with Gasteiger partial charge in [0.05, 0.1) is 33.6 Å². The molecule has 0 N–H and O–H groups in total. The van der Waals surface area contributed by atoms with Crippen molar-refractivity contribution in [2.45, 2.75) is 20.8 Å². The summed E-state index contributed by atoms with van der Waals surface area (Å²) < 4.78 is 0. The molecule has 0 aliphatic carbocycles. The van der Waals surface area contributed by atoms with E-state index in [-0.39, 0.29) is 20.1 Å². The molecule has 0 spiro atoms. The average molecular weight is 850 g/mol. The van der Waals surface area contributed by atoms with E-state index in [2.05, 4.69) is 130 Å². The van der Waals surface area contributed by atoms with Crippen LogP contribution in [0.1, 0.15) is 16.7 Å². The van der Waals surface area contributed by atoms with Gasteiger partial charge in [-0.15, -0.1) is 0 Å². The summed E-state index contributed by atoms with van der Waals surface area (Å²) in [6.07, 6.45) is 0. The SMILES string of the molecule is Cc1cc(-c2ccccc2)nc2ccccc12.Cc1cc(-c2ccccc2)nc2ccccc12.Cc1cc(-c2ccccc2)nc2ccccc12.[Ir+3]. The Morgan fingerprint density at radius 2 is 0.519 bits per heavy atom. The number of aryl methyl sites for hydroxylation is 3. The maximum absolute atomic E-state index is 4.71. The molecule has 52 heavy (non-hydrogen) atoms. The van der Waals surface area contributed by atoms with Gasteiger partial charge in [-0.3, -0.25) is 0 Å². The molecular weight excluding hydrogens is 811 g/mol. The molecule has 4 heteroatoms. The minimum Gasteiger partial charge on any atom is -0.248 e. The average Bonchev–Trinajstić information content (AvgIpc) is 3.19. The first kappa shape index (κ1) is 36.0. The van der Waals surface area contributed by atoms with Crippen LogP contribution in [0.3, 0.4) is 0 Å². The van der Waals surface area contributed by atoms with E-state index in [1.54, 1.807) is 0 Å². The first-order chi connectivity index (χ1) is 25.0. The number of rotatable bonds is 3. The topological polar surface area (TPSA) is 38.7 Å². The van der Waals surface area contributed by atoms with Crippen molar-refractivity contribution in [2.24, 2.45) is 0 Å². The molecule has 0 amide bonds. The predicted molar refractivity (Wildman–Crippen MR) is 216 cm³/mol. The monoisotopic (exact) mass is 850 g/mol. The summed E-state index contributed by atoms with van der Waals surface area (Å²) in [5, 5.41) is 3.69. The van der Waals surface area contributed by atoms with Crippen LogP contribution in [0.2, 0.25) is 0 Å². The fraction of sp³-hybridized carbons (Fsp3) is 0.0625. The molecule has 252 valence electrons. The fourth-order valence-electron chi connectivity index (χ4n) is 6.32. The van der Waals surface area contributed by atoms with Crippen LogP contribution >= 0.6 is 0 Å². The van der Waals surface area contributed by atoms with Crippen LogP contribution in [0.5, 0.6) is 0 Å². The fourth-order valence-corrected chi connectivity index (χ4v) is 6.32. The Labute approximate surface area is 319 Å². The zero-order valence-electron chi connectivity index (χ0n) is 29.5. The second-order valence-corrected chi connectivity index (χ2v) is 12.6. The van der Waals surface area contributed by atoms with Crippen LogP contribution in [0, 0.1) is 20.8 Å². The van der Waals surface area contributed by atoms with Crippen LogP contribution in [-0.4, -0.2) is 15.0 Å². The third kappa shape index (κ3) is 8.38. The smallest absolute Gasteiger partial charge is 0.248 e. The molecule has 0 bridgehead atoms. The van der Waals surface area contributed by atoms with Gasteiger partial charge in [-0.2, -0.15) is 0 Å². The molecule has 3 heterocycles. The van der Waals surface area contributed by atoms with E-state index >= 15 is 0 Å². The van der Waals surface area contributed by atoms with Crippen molar-refractivity contribution in [1.82, 2.24) is 15.0 Å². The first-order valence-electron chi connectivity index (χ1n) is 17.3. The van der Waals surface area contributed by atoms with Gasteiger partial charge in [0.2, 0.25) is 0 Å². The molecule has 0 unspecified atom stereocenters. The summed E-state index contributed by atoms with van der Waals surface area (Å²) in [5.41, 5.74) is 13.6. The van der Waals surface area contributed by atoms with Crippen molar-refractivity contribution < 1.29 is 20.1 Å². The second kappa shape index (κ2) is 16.9. The number of benzene rings is 6. The Morgan fingerprint density at radius 1 is 0.288 bits per heavy atom. The Kier molecular flexibility index (Phi) is 11.7. The number of pyridine rings is 3. The summed E-state index contributed by atoms with van der Waals surface area (Å²) in [7, 11) is 0. The molecule has 0 saturated heterocycles. The van der Waals surface area contributed by atoms with Crippen LogP contribution < -0.4 is 0 Å². The van der Waals surface area contributed by atoms with Gasteiger partial charge in [-0.25, -0.2) is 15.0 Å². The zero-order valence-corrected chi connectivity index (χ0v) is 31.9. The number of hydrogen-bond donors (Lipinski definition) is 0. The van der Waals surface area contributed by atoms with Gasteiger partial charge < -0.3 is 0 Å². The Balaban J connectivity index is 0.000000133. The largest absolute Gasteiger partial charge is 3.00 e. The molecule has 3 nitrogen and oxygen atoms in total. The van der Waals surface area contributed by atoms with Crippen molar-refractivity contribution in [2.75, 3.05) is 0 Å². The molecule has 0 aliphatic heterocycles. The standard InChI is InChI=1S/3C16H13N.Ir/c3*1-12-11-16(13-7-3-2-4-8-13)17-15-10-6-5-9-14(12)15;/h3*2-11H,1H3;/q;;;+3. The maximum Gasteiger partial charge on any atom is 3.00 e. The summed E-state index contributed by atoms with van der Waals surface area (Å²) in [6.45, 7) is 6.41. The minimum absolute atomic E-state index is 0. The summed E-state index contributed by atoms with van der Waals surface area (Å²) >= 11 is 0. The molecule has 9 aromatic rings. The zero-order chi connectivity index (χ0) is 35.0. The number of fused-ring (bicyclic) bond motifs is 3. The Bertz CT molecular complexity index is 2260. The van der Waals surface area contributed by atoms with Crippen molar-refractivity contribution in [3.8, 4) is 33.8 Å². The second-order valence-electron chi connectivity index (χ2n) is 12.6. The number of hydrogen-bond acceptors (Lipinski definition) is 3. The molecule has 0 radical (unpaired) electrons. The van der Waals surface area contributed by atoms with Crippen LogP contribution in [-0.2, 0) is 20.1 Å². The van der Waals surface area contributed by atoms with Gasteiger partial charge in [0, 0.05) is 32.8 Å². The van der Waals surface area contributed by atoms with Gasteiger partial charge in [0.15, 0.2) is 0 Å². The van der Waals surface area contributed by atoms with Crippen LogP contribution in [0.4, 0.5) is 0 Å². The van der Waals surface area contributed by atoms with E-state index in [4.69, 9.17) is 15.0 Å². The first-order valence-corrected chi connectivity index (χ1v) is 17.3.